The number of carbonyl (C=O) groups excluding carboxylic acids is 1. The third-order valence-electron chi connectivity index (χ3n) is 3.18. The zero-order valence-electron chi connectivity index (χ0n) is 12.8. The minimum Gasteiger partial charge on any atom is -0.433 e. The normalized spacial score (nSPS) is 10.8. The van der Waals surface area contributed by atoms with Gasteiger partial charge in [0.1, 0.15) is 5.75 Å². The summed E-state index contributed by atoms with van der Waals surface area (Å²) in [5.74, 6) is 0.254. The van der Waals surface area contributed by atoms with Crippen LogP contribution in [0, 0.1) is 0 Å². The Morgan fingerprint density at radius 3 is 2.88 bits per heavy atom. The highest BCUT2D eigenvalue weighted by Crippen LogP contribution is 2.26. The van der Waals surface area contributed by atoms with Crippen LogP contribution in [0.5, 0.6) is 5.75 Å². The number of anilines is 1. The van der Waals surface area contributed by atoms with Crippen LogP contribution in [0.25, 0.3) is 11.5 Å². The molecule has 3 aromatic rings. The van der Waals surface area contributed by atoms with E-state index in [2.05, 4.69) is 20.3 Å². The minimum absolute atomic E-state index is 0.0638. The number of thiophene rings is 1. The maximum absolute atomic E-state index is 12.4. The molecule has 9 heteroatoms. The molecular formula is C16H13F2N3O3S. The van der Waals surface area contributed by atoms with Crippen LogP contribution in [-0.4, -0.2) is 22.7 Å². The number of carbonyl (C=O) groups is 1. The monoisotopic (exact) mass is 365 g/mol. The molecule has 0 atom stereocenters. The number of para-hydroxylation sites is 2. The van der Waals surface area contributed by atoms with Crippen LogP contribution in [0.1, 0.15) is 12.3 Å². The fraction of sp³-hybridized carbons (Fsp3) is 0.188. The van der Waals surface area contributed by atoms with Crippen LogP contribution in [0.2, 0.25) is 0 Å². The summed E-state index contributed by atoms with van der Waals surface area (Å²) in [5, 5.41) is 14.1. The number of rotatable bonds is 7. The van der Waals surface area contributed by atoms with E-state index in [1.807, 2.05) is 16.8 Å². The van der Waals surface area contributed by atoms with Gasteiger partial charge in [-0.05, 0) is 23.6 Å². The van der Waals surface area contributed by atoms with E-state index in [1.165, 1.54) is 29.5 Å². The van der Waals surface area contributed by atoms with Crippen molar-refractivity contribution in [2.75, 3.05) is 5.32 Å². The number of ether oxygens (including phenoxy) is 1. The molecule has 0 aliphatic heterocycles. The van der Waals surface area contributed by atoms with E-state index in [0.717, 1.165) is 5.56 Å². The number of aromatic nitrogens is 2. The molecule has 0 radical (unpaired) electrons. The lowest BCUT2D eigenvalue weighted by atomic mass is 10.2. The molecule has 0 unspecified atom stereocenters. The zero-order valence-corrected chi connectivity index (χ0v) is 13.6. The first-order valence-corrected chi connectivity index (χ1v) is 8.25. The van der Waals surface area contributed by atoms with Gasteiger partial charge in [-0.3, -0.25) is 4.79 Å². The van der Waals surface area contributed by atoms with Crippen molar-refractivity contribution in [1.82, 2.24) is 10.2 Å². The van der Waals surface area contributed by atoms with Gasteiger partial charge in [0.2, 0.25) is 17.7 Å². The van der Waals surface area contributed by atoms with E-state index in [-0.39, 0.29) is 30.2 Å². The lowest BCUT2D eigenvalue weighted by Gasteiger charge is -2.11. The van der Waals surface area contributed by atoms with Crippen LogP contribution in [-0.2, 0) is 11.2 Å². The molecule has 2 heterocycles. The van der Waals surface area contributed by atoms with E-state index in [1.54, 1.807) is 6.07 Å². The van der Waals surface area contributed by atoms with Crippen molar-refractivity contribution in [2.24, 2.45) is 0 Å². The Hall–Kier alpha value is -2.81. The first-order chi connectivity index (χ1) is 12.1. The number of hydrogen-bond donors (Lipinski definition) is 1. The maximum atomic E-state index is 12.4. The van der Waals surface area contributed by atoms with Gasteiger partial charge in [-0.15, -0.1) is 10.2 Å². The molecule has 0 saturated heterocycles. The van der Waals surface area contributed by atoms with Crippen LogP contribution in [0.4, 0.5) is 14.5 Å². The first kappa shape index (κ1) is 17.0. The van der Waals surface area contributed by atoms with Gasteiger partial charge in [-0.25, -0.2) is 0 Å². The van der Waals surface area contributed by atoms with E-state index in [0.29, 0.717) is 11.8 Å². The van der Waals surface area contributed by atoms with Gasteiger partial charge in [0.25, 0.3) is 0 Å². The second kappa shape index (κ2) is 7.84. The van der Waals surface area contributed by atoms with E-state index >= 15 is 0 Å². The van der Waals surface area contributed by atoms with Gasteiger partial charge in [-0.2, -0.15) is 20.1 Å². The third kappa shape index (κ3) is 4.60. The second-order valence-electron chi connectivity index (χ2n) is 4.94. The molecule has 0 fully saturated rings. The average Bonchev–Trinajstić information content (AvgIpc) is 3.25. The molecule has 3 rings (SSSR count). The number of alkyl halides is 2. The number of nitrogens with one attached hydrogen (secondary N) is 1. The molecule has 1 aromatic carbocycles. The van der Waals surface area contributed by atoms with Crippen molar-refractivity contribution in [3.8, 4) is 17.2 Å². The highest BCUT2D eigenvalue weighted by atomic mass is 32.1. The molecule has 0 spiro atoms. The summed E-state index contributed by atoms with van der Waals surface area (Å²) in [6.45, 7) is -2.97. The quantitative estimate of drug-likeness (QED) is 0.685. The van der Waals surface area contributed by atoms with Gasteiger partial charge < -0.3 is 14.5 Å². The van der Waals surface area contributed by atoms with Gasteiger partial charge in [0.05, 0.1) is 5.69 Å². The van der Waals surface area contributed by atoms with Gasteiger partial charge in [0, 0.05) is 23.8 Å². The second-order valence-corrected chi connectivity index (χ2v) is 5.72. The van der Waals surface area contributed by atoms with Crippen molar-refractivity contribution in [3.63, 3.8) is 0 Å². The van der Waals surface area contributed by atoms with Crippen molar-refractivity contribution >= 4 is 22.9 Å². The zero-order chi connectivity index (χ0) is 17.6. The lowest BCUT2D eigenvalue weighted by Crippen LogP contribution is -2.14. The molecule has 1 amide bonds. The smallest absolute Gasteiger partial charge is 0.387 e. The van der Waals surface area contributed by atoms with E-state index in [4.69, 9.17) is 4.42 Å². The summed E-state index contributed by atoms with van der Waals surface area (Å²) >= 11 is 1.51. The fourth-order valence-corrected chi connectivity index (χ4v) is 2.69. The number of amides is 1. The Labute approximate surface area is 145 Å². The molecule has 0 saturated carbocycles. The summed E-state index contributed by atoms with van der Waals surface area (Å²) in [5.41, 5.74) is 1.00. The first-order valence-electron chi connectivity index (χ1n) is 7.30. The van der Waals surface area contributed by atoms with Crippen molar-refractivity contribution in [2.45, 2.75) is 19.5 Å². The van der Waals surface area contributed by atoms with Gasteiger partial charge in [-0.1, -0.05) is 12.1 Å². The van der Waals surface area contributed by atoms with Crippen LogP contribution in [0.15, 0.2) is 45.5 Å². The Balaban J connectivity index is 1.57. The van der Waals surface area contributed by atoms with E-state index in [9.17, 15) is 13.6 Å². The fourth-order valence-electron chi connectivity index (χ4n) is 2.06. The standard InChI is InChI=1S/C16H13F2N3O3S/c17-16(18)23-12-4-2-1-3-11(12)19-13(22)5-6-14-20-21-15(24-14)10-7-8-25-9-10/h1-4,7-9,16H,5-6H2,(H,19,22). The van der Waals surface area contributed by atoms with Crippen molar-refractivity contribution in [1.29, 1.82) is 0 Å². The topological polar surface area (TPSA) is 77.2 Å². The Kier molecular flexibility index (Phi) is 5.34. The summed E-state index contributed by atoms with van der Waals surface area (Å²) in [4.78, 5) is 12.0. The highest BCUT2D eigenvalue weighted by Gasteiger charge is 2.14. The van der Waals surface area contributed by atoms with Crippen LogP contribution < -0.4 is 10.1 Å². The molecule has 2 aromatic heterocycles. The Bertz CT molecular complexity index is 837. The average molecular weight is 365 g/mol. The summed E-state index contributed by atoms with van der Waals surface area (Å²) in [6, 6.07) is 7.84. The summed E-state index contributed by atoms with van der Waals surface area (Å²) in [7, 11) is 0. The molecular weight excluding hydrogens is 352 g/mol. The molecule has 1 N–H and O–H groups in total. The predicted molar refractivity (Wildman–Crippen MR) is 87.6 cm³/mol. The largest absolute Gasteiger partial charge is 0.433 e. The van der Waals surface area contributed by atoms with Gasteiger partial charge >= 0.3 is 6.61 Å². The van der Waals surface area contributed by atoms with Crippen LogP contribution >= 0.6 is 11.3 Å². The molecule has 130 valence electrons. The molecule has 0 aliphatic carbocycles. The summed E-state index contributed by atoms with van der Waals surface area (Å²) in [6.07, 6.45) is 0.301. The van der Waals surface area contributed by atoms with Crippen LogP contribution in [0.3, 0.4) is 0 Å². The number of nitrogens with zero attached hydrogens (tertiary/aromatic N) is 2. The highest BCUT2D eigenvalue weighted by molar-refractivity contribution is 7.08. The van der Waals surface area contributed by atoms with Crippen molar-refractivity contribution in [3.05, 3.63) is 47.0 Å². The van der Waals surface area contributed by atoms with Gasteiger partial charge in [0.15, 0.2) is 0 Å². The lowest BCUT2D eigenvalue weighted by molar-refractivity contribution is -0.116. The molecule has 0 aliphatic rings. The predicted octanol–water partition coefficient (Wildman–Crippen LogP) is 3.97. The number of hydrogen-bond acceptors (Lipinski definition) is 6. The Morgan fingerprint density at radius 2 is 2.12 bits per heavy atom. The van der Waals surface area contributed by atoms with Crippen molar-refractivity contribution < 1.29 is 22.7 Å². The SMILES string of the molecule is O=C(CCc1nnc(-c2ccsc2)o1)Nc1ccccc1OC(F)F. The minimum atomic E-state index is -2.97. The number of aryl methyl sites for hydroxylation is 1. The summed E-state index contributed by atoms with van der Waals surface area (Å²) < 4.78 is 34.6. The molecule has 25 heavy (non-hydrogen) atoms. The maximum Gasteiger partial charge on any atom is 0.387 e. The number of benzene rings is 1. The van der Waals surface area contributed by atoms with E-state index < -0.39 is 6.61 Å². The molecule has 6 nitrogen and oxygen atoms in total. The third-order valence-corrected chi connectivity index (χ3v) is 3.86. The number of halogens is 2. The Morgan fingerprint density at radius 1 is 1.28 bits per heavy atom. The molecule has 0 bridgehead atoms.